The molecule has 0 radical (unpaired) electrons. The Morgan fingerprint density at radius 1 is 1.30 bits per heavy atom. The van der Waals surface area contributed by atoms with E-state index in [9.17, 15) is 4.79 Å². The molecule has 0 bridgehead atoms. The number of hydrogen-bond donors (Lipinski definition) is 1. The summed E-state index contributed by atoms with van der Waals surface area (Å²) < 4.78 is 10.4. The van der Waals surface area contributed by atoms with Crippen LogP contribution < -0.4 is 10.5 Å². The zero-order valence-electron chi connectivity index (χ0n) is 11.4. The van der Waals surface area contributed by atoms with Gasteiger partial charge in [-0.05, 0) is 30.7 Å². The van der Waals surface area contributed by atoms with Crippen LogP contribution in [0.1, 0.15) is 21.6 Å². The highest BCUT2D eigenvalue weighted by molar-refractivity contribution is 5.98. The summed E-state index contributed by atoms with van der Waals surface area (Å²) in [5.74, 6) is -0.127. The van der Waals surface area contributed by atoms with Crippen molar-refractivity contribution in [2.24, 2.45) is 0 Å². The monoisotopic (exact) mass is 272 g/mol. The number of anilines is 1. The first kappa shape index (κ1) is 13.9. The fraction of sp³-hybridized carbons (Fsp3) is 0.200. The van der Waals surface area contributed by atoms with Crippen molar-refractivity contribution in [2.75, 3.05) is 12.8 Å². The number of hydrogen-bond acceptors (Lipinski definition) is 5. The number of nitrogens with two attached hydrogens (primary N) is 1. The maximum atomic E-state index is 11.7. The van der Waals surface area contributed by atoms with Gasteiger partial charge in [-0.2, -0.15) is 0 Å². The van der Waals surface area contributed by atoms with Crippen molar-refractivity contribution in [2.45, 2.75) is 13.5 Å². The maximum absolute atomic E-state index is 11.7. The number of nitrogens with zero attached hydrogens (tertiary/aromatic N) is 1. The zero-order valence-corrected chi connectivity index (χ0v) is 11.4. The average molecular weight is 272 g/mol. The molecule has 5 nitrogen and oxygen atoms in total. The third kappa shape index (κ3) is 2.88. The number of aryl methyl sites for hydroxylation is 1. The van der Waals surface area contributed by atoms with Gasteiger partial charge in [-0.15, -0.1) is 0 Å². The first-order chi connectivity index (χ1) is 9.63. The van der Waals surface area contributed by atoms with Gasteiger partial charge in [0.1, 0.15) is 17.9 Å². The quantitative estimate of drug-likeness (QED) is 0.683. The summed E-state index contributed by atoms with van der Waals surface area (Å²) in [5.41, 5.74) is 8.20. The maximum Gasteiger partial charge on any atom is 0.343 e. The van der Waals surface area contributed by atoms with Crippen LogP contribution >= 0.6 is 0 Å². The van der Waals surface area contributed by atoms with Crippen LogP contribution in [-0.2, 0) is 11.3 Å². The SMILES string of the molecule is COC(=O)c1c(N)cccc1OCc1ncccc1C. The summed E-state index contributed by atoms with van der Waals surface area (Å²) in [6.07, 6.45) is 1.70. The number of nitrogen functional groups attached to an aromatic ring is 1. The lowest BCUT2D eigenvalue weighted by atomic mass is 10.1. The summed E-state index contributed by atoms with van der Waals surface area (Å²) in [7, 11) is 1.31. The topological polar surface area (TPSA) is 74.4 Å². The van der Waals surface area contributed by atoms with Crippen LogP contribution in [0.2, 0.25) is 0 Å². The highest BCUT2D eigenvalue weighted by Crippen LogP contribution is 2.26. The molecule has 104 valence electrons. The molecule has 0 aliphatic carbocycles. The molecule has 2 N–H and O–H groups in total. The van der Waals surface area contributed by atoms with Gasteiger partial charge in [0, 0.05) is 11.9 Å². The van der Waals surface area contributed by atoms with Crippen molar-refractivity contribution < 1.29 is 14.3 Å². The number of esters is 1. The van der Waals surface area contributed by atoms with Gasteiger partial charge in [0.05, 0.1) is 12.8 Å². The molecular formula is C15H16N2O3. The van der Waals surface area contributed by atoms with E-state index in [1.165, 1.54) is 7.11 Å². The molecule has 1 heterocycles. The van der Waals surface area contributed by atoms with Crippen molar-refractivity contribution >= 4 is 11.7 Å². The molecule has 5 heteroatoms. The van der Waals surface area contributed by atoms with Crippen LogP contribution in [0.3, 0.4) is 0 Å². The van der Waals surface area contributed by atoms with Crippen molar-refractivity contribution in [3.8, 4) is 5.75 Å². The van der Waals surface area contributed by atoms with E-state index in [0.29, 0.717) is 11.4 Å². The predicted molar refractivity (Wildman–Crippen MR) is 75.5 cm³/mol. The standard InChI is InChI=1S/C15H16N2O3/c1-10-5-4-8-17-12(10)9-20-13-7-3-6-11(16)14(13)15(18)19-2/h3-8H,9,16H2,1-2H3. The lowest BCUT2D eigenvalue weighted by Gasteiger charge is -2.12. The second kappa shape index (κ2) is 6.06. The van der Waals surface area contributed by atoms with Crippen molar-refractivity contribution in [1.29, 1.82) is 0 Å². The number of benzene rings is 1. The minimum Gasteiger partial charge on any atom is -0.486 e. The third-order valence-corrected chi connectivity index (χ3v) is 2.93. The first-order valence-corrected chi connectivity index (χ1v) is 6.13. The number of carbonyl (C=O) groups is 1. The Labute approximate surface area is 117 Å². The smallest absolute Gasteiger partial charge is 0.343 e. The van der Waals surface area contributed by atoms with Gasteiger partial charge in [0.15, 0.2) is 0 Å². The molecule has 2 rings (SSSR count). The highest BCUT2D eigenvalue weighted by atomic mass is 16.5. The molecule has 0 spiro atoms. The van der Waals surface area contributed by atoms with Crippen molar-refractivity contribution in [1.82, 2.24) is 4.98 Å². The molecule has 0 aliphatic rings. The minimum absolute atomic E-state index is 0.239. The third-order valence-electron chi connectivity index (χ3n) is 2.93. The number of rotatable bonds is 4. The van der Waals surface area contributed by atoms with Gasteiger partial charge >= 0.3 is 5.97 Å². The second-order valence-electron chi connectivity index (χ2n) is 4.27. The van der Waals surface area contributed by atoms with Crippen LogP contribution in [0.5, 0.6) is 5.75 Å². The Balaban J connectivity index is 2.24. The molecular weight excluding hydrogens is 256 g/mol. The van der Waals surface area contributed by atoms with E-state index in [-0.39, 0.29) is 12.2 Å². The van der Waals surface area contributed by atoms with Gasteiger partial charge < -0.3 is 15.2 Å². The zero-order chi connectivity index (χ0) is 14.5. The molecule has 0 unspecified atom stereocenters. The summed E-state index contributed by atoms with van der Waals surface area (Å²) in [4.78, 5) is 16.0. The van der Waals surface area contributed by atoms with E-state index in [2.05, 4.69) is 4.98 Å². The molecule has 20 heavy (non-hydrogen) atoms. The Kier molecular flexibility index (Phi) is 4.20. The van der Waals surface area contributed by atoms with E-state index >= 15 is 0 Å². The van der Waals surface area contributed by atoms with Gasteiger partial charge in [-0.25, -0.2) is 4.79 Å². The van der Waals surface area contributed by atoms with E-state index in [1.54, 1.807) is 24.4 Å². The van der Waals surface area contributed by atoms with Gasteiger partial charge in [-0.1, -0.05) is 12.1 Å². The summed E-state index contributed by atoms with van der Waals surface area (Å²) >= 11 is 0. The van der Waals surface area contributed by atoms with Crippen molar-refractivity contribution in [3.05, 3.63) is 53.3 Å². The van der Waals surface area contributed by atoms with Crippen molar-refractivity contribution in [3.63, 3.8) is 0 Å². The van der Waals surface area contributed by atoms with Crippen LogP contribution in [0.25, 0.3) is 0 Å². The predicted octanol–water partition coefficient (Wildman–Crippen LogP) is 2.34. The van der Waals surface area contributed by atoms with Crippen LogP contribution in [0.4, 0.5) is 5.69 Å². The molecule has 0 aliphatic heterocycles. The minimum atomic E-state index is -0.518. The Morgan fingerprint density at radius 2 is 2.10 bits per heavy atom. The van der Waals surface area contributed by atoms with E-state index < -0.39 is 5.97 Å². The fourth-order valence-electron chi connectivity index (χ4n) is 1.80. The number of ether oxygens (including phenoxy) is 2. The molecule has 0 amide bonds. The number of aromatic nitrogens is 1. The first-order valence-electron chi connectivity index (χ1n) is 6.13. The largest absolute Gasteiger partial charge is 0.486 e. The van der Waals surface area contributed by atoms with Crippen LogP contribution in [0, 0.1) is 6.92 Å². The molecule has 0 atom stereocenters. The van der Waals surface area contributed by atoms with E-state index in [4.69, 9.17) is 15.2 Å². The van der Waals surface area contributed by atoms with Gasteiger partial charge in [-0.3, -0.25) is 4.98 Å². The molecule has 0 fully saturated rings. The van der Waals surface area contributed by atoms with Crippen LogP contribution in [-0.4, -0.2) is 18.1 Å². The lowest BCUT2D eigenvalue weighted by Crippen LogP contribution is -2.10. The summed E-state index contributed by atoms with van der Waals surface area (Å²) in [6.45, 7) is 2.21. The Morgan fingerprint density at radius 3 is 2.80 bits per heavy atom. The Hall–Kier alpha value is -2.56. The summed E-state index contributed by atoms with van der Waals surface area (Å²) in [5, 5.41) is 0. The lowest BCUT2D eigenvalue weighted by molar-refractivity contribution is 0.0597. The summed E-state index contributed by atoms with van der Waals surface area (Å²) in [6, 6.07) is 8.85. The fourth-order valence-corrected chi connectivity index (χ4v) is 1.80. The van der Waals surface area contributed by atoms with Gasteiger partial charge in [0.25, 0.3) is 0 Å². The molecule has 1 aromatic heterocycles. The second-order valence-corrected chi connectivity index (χ2v) is 4.27. The number of pyridine rings is 1. The Bertz CT molecular complexity index is 626. The highest BCUT2D eigenvalue weighted by Gasteiger charge is 2.17. The molecule has 2 aromatic rings. The van der Waals surface area contributed by atoms with Gasteiger partial charge in [0.2, 0.25) is 0 Å². The normalized spacial score (nSPS) is 10.1. The van der Waals surface area contributed by atoms with E-state index in [1.807, 2.05) is 19.1 Å². The molecule has 1 aromatic carbocycles. The average Bonchev–Trinajstić information content (AvgIpc) is 2.46. The molecule has 0 saturated carbocycles. The number of carbonyl (C=O) groups excluding carboxylic acids is 1. The van der Waals surface area contributed by atoms with E-state index in [0.717, 1.165) is 11.3 Å². The van der Waals surface area contributed by atoms with Crippen LogP contribution in [0.15, 0.2) is 36.5 Å². The molecule has 0 saturated heterocycles. The number of methoxy groups -OCH3 is 1.